The van der Waals surface area contributed by atoms with Gasteiger partial charge in [0.1, 0.15) is 4.90 Å². The molecule has 2 rings (SSSR count). The Balaban J connectivity index is 2.36. The van der Waals surface area contributed by atoms with Gasteiger partial charge >= 0.3 is 0 Å². The zero-order valence-corrected chi connectivity index (χ0v) is 10.1. The Hall–Kier alpha value is -1.61. The van der Waals surface area contributed by atoms with Crippen LogP contribution in [-0.4, -0.2) is 48.0 Å². The summed E-state index contributed by atoms with van der Waals surface area (Å²) >= 11 is 0. The molecule has 94 valence electrons. The fourth-order valence-electron chi connectivity index (χ4n) is 1.64. The highest BCUT2D eigenvalue weighted by molar-refractivity contribution is 7.89. The van der Waals surface area contributed by atoms with Gasteiger partial charge in [-0.1, -0.05) is 0 Å². The van der Waals surface area contributed by atoms with Crippen LogP contribution in [0, 0.1) is 0 Å². The molecule has 17 heavy (non-hydrogen) atoms. The van der Waals surface area contributed by atoms with E-state index in [-0.39, 0.29) is 29.7 Å². The molecular formula is C8H13N5O3S. The van der Waals surface area contributed by atoms with E-state index in [4.69, 9.17) is 5.73 Å². The molecule has 0 aromatic carbocycles. The smallest absolute Gasteiger partial charge is 0.248 e. The van der Waals surface area contributed by atoms with E-state index in [1.54, 1.807) is 7.05 Å². The quantitative estimate of drug-likeness (QED) is 0.646. The number of hydrogen-bond donors (Lipinski definition) is 2. The summed E-state index contributed by atoms with van der Waals surface area (Å²) in [7, 11) is -2.16. The van der Waals surface area contributed by atoms with E-state index in [1.807, 2.05) is 0 Å². The fraction of sp³-hybridized carbons (Fsp3) is 0.500. The van der Waals surface area contributed by atoms with E-state index in [2.05, 4.69) is 10.4 Å². The second-order valence-electron chi connectivity index (χ2n) is 3.74. The van der Waals surface area contributed by atoms with Crippen molar-refractivity contribution < 1.29 is 13.2 Å². The van der Waals surface area contributed by atoms with Crippen molar-refractivity contribution in [3.63, 3.8) is 0 Å². The topological polar surface area (TPSA) is 110 Å². The number of nitrogens with zero attached hydrogens (tertiary/aromatic N) is 3. The van der Waals surface area contributed by atoms with Crippen molar-refractivity contribution in [2.75, 3.05) is 25.4 Å². The summed E-state index contributed by atoms with van der Waals surface area (Å²) in [6, 6.07) is 0. The highest BCUT2D eigenvalue weighted by Crippen LogP contribution is 2.20. The fourth-order valence-corrected chi connectivity index (χ4v) is 3.13. The molecule has 1 saturated heterocycles. The molecule has 0 atom stereocenters. The van der Waals surface area contributed by atoms with Crippen LogP contribution in [-0.2, 0) is 21.9 Å². The Kier molecular flexibility index (Phi) is 2.79. The summed E-state index contributed by atoms with van der Waals surface area (Å²) in [5.74, 6) is -0.374. The third kappa shape index (κ3) is 2.11. The zero-order valence-electron chi connectivity index (χ0n) is 9.25. The second-order valence-corrected chi connectivity index (χ2v) is 5.65. The number of nitrogen functional groups attached to an aromatic ring is 1. The minimum Gasteiger partial charge on any atom is -0.381 e. The van der Waals surface area contributed by atoms with E-state index < -0.39 is 10.0 Å². The average molecular weight is 259 g/mol. The van der Waals surface area contributed by atoms with Gasteiger partial charge < -0.3 is 11.1 Å². The molecule has 0 bridgehead atoms. The van der Waals surface area contributed by atoms with Gasteiger partial charge in [0.15, 0.2) is 5.82 Å². The van der Waals surface area contributed by atoms with Crippen LogP contribution in [0.15, 0.2) is 11.1 Å². The number of amides is 1. The van der Waals surface area contributed by atoms with Crippen LogP contribution >= 0.6 is 0 Å². The molecule has 0 aliphatic carbocycles. The first-order valence-corrected chi connectivity index (χ1v) is 6.41. The highest BCUT2D eigenvalue weighted by Gasteiger charge is 2.31. The van der Waals surface area contributed by atoms with Gasteiger partial charge in [0.25, 0.3) is 0 Å². The summed E-state index contributed by atoms with van der Waals surface area (Å²) in [5.41, 5.74) is 5.53. The van der Waals surface area contributed by atoms with Gasteiger partial charge in [0, 0.05) is 26.3 Å². The highest BCUT2D eigenvalue weighted by atomic mass is 32.2. The second kappa shape index (κ2) is 4.00. The van der Waals surface area contributed by atoms with Crippen LogP contribution in [0.4, 0.5) is 5.82 Å². The third-order valence-electron chi connectivity index (χ3n) is 2.44. The number of rotatable bonds is 2. The number of nitrogens with two attached hydrogens (primary N) is 1. The molecular weight excluding hydrogens is 246 g/mol. The largest absolute Gasteiger partial charge is 0.381 e. The molecule has 8 nitrogen and oxygen atoms in total. The van der Waals surface area contributed by atoms with Gasteiger partial charge in [0.2, 0.25) is 15.9 Å². The van der Waals surface area contributed by atoms with Crippen LogP contribution in [0.3, 0.4) is 0 Å². The van der Waals surface area contributed by atoms with Crippen LogP contribution in [0.1, 0.15) is 0 Å². The number of sulfonamides is 1. The predicted octanol–water partition coefficient (Wildman–Crippen LogP) is -1.88. The number of hydrogen-bond acceptors (Lipinski definition) is 5. The monoisotopic (exact) mass is 259 g/mol. The van der Waals surface area contributed by atoms with E-state index >= 15 is 0 Å². The predicted molar refractivity (Wildman–Crippen MR) is 59.4 cm³/mol. The van der Waals surface area contributed by atoms with Gasteiger partial charge in [-0.05, 0) is 0 Å². The van der Waals surface area contributed by atoms with Gasteiger partial charge in [-0.2, -0.15) is 9.40 Å². The molecule has 2 heterocycles. The summed E-state index contributed by atoms with van der Waals surface area (Å²) in [4.78, 5) is 11.1. The van der Waals surface area contributed by atoms with Crippen LogP contribution in [0.25, 0.3) is 0 Å². The molecule has 3 N–H and O–H groups in total. The molecule has 0 radical (unpaired) electrons. The van der Waals surface area contributed by atoms with Gasteiger partial charge in [0.05, 0.1) is 6.54 Å². The molecule has 9 heteroatoms. The standard InChI is InChI=1S/C8H13N5O3S/c1-12-4-6(8(9)11-12)17(15,16)13-3-2-10-7(14)5-13/h4H,2-3,5H2,1H3,(H2,9,11)(H,10,14). The molecule has 1 aromatic rings. The number of carbonyl (C=O) groups excluding carboxylic acids is 1. The molecule has 0 saturated carbocycles. The van der Waals surface area contributed by atoms with Crippen molar-refractivity contribution in [1.29, 1.82) is 0 Å². The van der Waals surface area contributed by atoms with Crippen molar-refractivity contribution >= 4 is 21.7 Å². The molecule has 1 aromatic heterocycles. The molecule has 1 amide bonds. The third-order valence-corrected chi connectivity index (χ3v) is 4.31. The molecule has 1 fully saturated rings. The first-order chi connectivity index (χ1) is 7.91. The molecule has 0 spiro atoms. The number of piperazine rings is 1. The molecule has 0 unspecified atom stereocenters. The summed E-state index contributed by atoms with van der Waals surface area (Å²) in [5, 5.41) is 6.34. The van der Waals surface area contributed by atoms with Crippen molar-refractivity contribution in [1.82, 2.24) is 19.4 Å². The Morgan fingerprint density at radius 1 is 1.53 bits per heavy atom. The van der Waals surface area contributed by atoms with Gasteiger partial charge in [-0.15, -0.1) is 0 Å². The molecule has 1 aliphatic rings. The molecule has 1 aliphatic heterocycles. The first-order valence-electron chi connectivity index (χ1n) is 4.97. The lowest BCUT2D eigenvalue weighted by molar-refractivity contribution is -0.122. The number of aromatic nitrogens is 2. The minimum absolute atomic E-state index is 0.0570. The van der Waals surface area contributed by atoms with Crippen molar-refractivity contribution in [2.24, 2.45) is 7.05 Å². The van der Waals surface area contributed by atoms with E-state index in [0.29, 0.717) is 6.54 Å². The van der Waals surface area contributed by atoms with Gasteiger partial charge in [-0.3, -0.25) is 9.48 Å². The SMILES string of the molecule is Cn1cc(S(=O)(=O)N2CCNC(=O)C2)c(N)n1. The minimum atomic E-state index is -3.74. The number of carbonyl (C=O) groups is 1. The normalized spacial score (nSPS) is 18.1. The van der Waals surface area contributed by atoms with E-state index in [9.17, 15) is 13.2 Å². The maximum Gasteiger partial charge on any atom is 0.248 e. The number of nitrogens with one attached hydrogen (secondary N) is 1. The van der Waals surface area contributed by atoms with Crippen molar-refractivity contribution in [3.05, 3.63) is 6.20 Å². The van der Waals surface area contributed by atoms with Crippen molar-refractivity contribution in [2.45, 2.75) is 4.90 Å². The Morgan fingerprint density at radius 3 is 2.76 bits per heavy atom. The van der Waals surface area contributed by atoms with Gasteiger partial charge in [-0.25, -0.2) is 8.42 Å². The Morgan fingerprint density at radius 2 is 2.24 bits per heavy atom. The lowest BCUT2D eigenvalue weighted by Gasteiger charge is -2.25. The van der Waals surface area contributed by atoms with Crippen molar-refractivity contribution in [3.8, 4) is 0 Å². The maximum atomic E-state index is 12.2. The number of anilines is 1. The number of aryl methyl sites for hydroxylation is 1. The lowest BCUT2D eigenvalue weighted by Crippen LogP contribution is -2.49. The Labute approximate surface area is 98.4 Å². The lowest BCUT2D eigenvalue weighted by atomic mass is 10.4. The summed E-state index contributed by atoms with van der Waals surface area (Å²) < 4.78 is 26.8. The van der Waals surface area contributed by atoms with E-state index in [1.165, 1.54) is 10.9 Å². The summed E-state index contributed by atoms with van der Waals surface area (Å²) in [6.45, 7) is 0.358. The average Bonchev–Trinajstić information content (AvgIpc) is 2.58. The van der Waals surface area contributed by atoms with Crippen LogP contribution in [0.5, 0.6) is 0 Å². The Bertz CT molecular complexity index is 550. The van der Waals surface area contributed by atoms with E-state index in [0.717, 1.165) is 4.31 Å². The van der Waals surface area contributed by atoms with Crippen LogP contribution in [0.2, 0.25) is 0 Å². The van der Waals surface area contributed by atoms with Crippen LogP contribution < -0.4 is 11.1 Å². The zero-order chi connectivity index (χ0) is 12.6. The first kappa shape index (κ1) is 11.9. The summed E-state index contributed by atoms with van der Waals surface area (Å²) in [6.07, 6.45) is 1.33. The maximum absolute atomic E-state index is 12.2.